The van der Waals surface area contributed by atoms with Gasteiger partial charge in [-0.15, -0.1) is 0 Å². The molecule has 0 aliphatic heterocycles. The molecule has 2 aromatic carbocycles. The van der Waals surface area contributed by atoms with Gasteiger partial charge in [0.1, 0.15) is 0 Å². The second-order valence-corrected chi connectivity index (χ2v) is 4.16. The van der Waals surface area contributed by atoms with Gasteiger partial charge in [-0.1, -0.05) is 18.2 Å². The van der Waals surface area contributed by atoms with Crippen molar-refractivity contribution in [2.24, 2.45) is 0 Å². The third-order valence-corrected chi connectivity index (χ3v) is 2.76. The van der Waals surface area contributed by atoms with Gasteiger partial charge in [0.15, 0.2) is 0 Å². The maximum absolute atomic E-state index is 12.0. The van der Waals surface area contributed by atoms with Crippen LogP contribution in [0.25, 0.3) is 0 Å². The smallest absolute Gasteiger partial charge is 0.335 e. The molecule has 0 fully saturated rings. The molecule has 4 heteroatoms. The number of carboxylic acids is 1. The molecule has 0 aliphatic carbocycles. The van der Waals surface area contributed by atoms with Gasteiger partial charge in [0.05, 0.1) is 5.56 Å². The van der Waals surface area contributed by atoms with Crippen molar-refractivity contribution in [1.82, 2.24) is 0 Å². The molecule has 2 rings (SSSR count). The van der Waals surface area contributed by atoms with Crippen LogP contribution in [0, 0.1) is 6.92 Å². The van der Waals surface area contributed by atoms with Gasteiger partial charge in [-0.25, -0.2) is 4.79 Å². The van der Waals surface area contributed by atoms with E-state index >= 15 is 0 Å². The quantitative estimate of drug-likeness (QED) is 0.886. The van der Waals surface area contributed by atoms with Crippen molar-refractivity contribution in [3.63, 3.8) is 0 Å². The molecule has 0 aromatic heterocycles. The summed E-state index contributed by atoms with van der Waals surface area (Å²) >= 11 is 0. The molecule has 1 amide bonds. The molecule has 0 aliphatic rings. The van der Waals surface area contributed by atoms with Crippen LogP contribution in [0.4, 0.5) is 5.69 Å². The Morgan fingerprint density at radius 1 is 1.00 bits per heavy atom. The lowest BCUT2D eigenvalue weighted by atomic mass is 10.1. The molecule has 96 valence electrons. The van der Waals surface area contributed by atoms with Crippen LogP contribution in [0.15, 0.2) is 48.5 Å². The first-order chi connectivity index (χ1) is 9.08. The van der Waals surface area contributed by atoms with Gasteiger partial charge in [0.25, 0.3) is 5.91 Å². The first-order valence-corrected chi connectivity index (χ1v) is 5.78. The number of amides is 1. The zero-order valence-electron chi connectivity index (χ0n) is 10.4. The summed E-state index contributed by atoms with van der Waals surface area (Å²) in [5, 5.41) is 11.6. The minimum absolute atomic E-state index is 0.204. The van der Waals surface area contributed by atoms with E-state index in [1.807, 2.05) is 6.07 Å². The van der Waals surface area contributed by atoms with E-state index in [1.54, 1.807) is 37.3 Å². The number of hydrogen-bond donors (Lipinski definition) is 2. The number of hydrogen-bond acceptors (Lipinski definition) is 2. The number of carbonyl (C=O) groups excluding carboxylic acids is 1. The summed E-state index contributed by atoms with van der Waals surface area (Å²) in [5.74, 6) is -1.20. The highest BCUT2D eigenvalue weighted by atomic mass is 16.4. The van der Waals surface area contributed by atoms with Gasteiger partial charge in [0, 0.05) is 11.3 Å². The highest BCUT2D eigenvalue weighted by Gasteiger charge is 2.09. The van der Waals surface area contributed by atoms with Crippen molar-refractivity contribution in [3.05, 3.63) is 65.2 Å². The molecular formula is C15H13NO3. The number of carboxylic acid groups (broad SMARTS) is 1. The van der Waals surface area contributed by atoms with Crippen LogP contribution in [0.5, 0.6) is 0 Å². The Morgan fingerprint density at radius 3 is 2.26 bits per heavy atom. The van der Waals surface area contributed by atoms with E-state index in [2.05, 4.69) is 5.32 Å². The van der Waals surface area contributed by atoms with Gasteiger partial charge in [-0.05, 0) is 42.8 Å². The molecule has 0 unspecified atom stereocenters. The third-order valence-electron chi connectivity index (χ3n) is 2.76. The Labute approximate surface area is 110 Å². The van der Waals surface area contributed by atoms with Crippen molar-refractivity contribution in [2.45, 2.75) is 6.92 Å². The predicted octanol–water partition coefficient (Wildman–Crippen LogP) is 2.95. The average Bonchev–Trinajstić information content (AvgIpc) is 2.41. The minimum atomic E-state index is -0.982. The lowest BCUT2D eigenvalue weighted by Gasteiger charge is -2.09. The van der Waals surface area contributed by atoms with Crippen molar-refractivity contribution in [3.8, 4) is 0 Å². The number of rotatable bonds is 3. The molecule has 0 heterocycles. The van der Waals surface area contributed by atoms with E-state index in [1.165, 1.54) is 12.1 Å². The lowest BCUT2D eigenvalue weighted by Crippen LogP contribution is -2.12. The Hall–Kier alpha value is -2.62. The van der Waals surface area contributed by atoms with E-state index < -0.39 is 5.97 Å². The molecule has 0 bridgehead atoms. The maximum atomic E-state index is 12.0. The predicted molar refractivity (Wildman–Crippen MR) is 72.5 cm³/mol. The molecule has 0 atom stereocenters. The zero-order chi connectivity index (χ0) is 13.8. The number of anilines is 1. The van der Waals surface area contributed by atoms with Crippen LogP contribution in [0.3, 0.4) is 0 Å². The number of benzene rings is 2. The SMILES string of the molecule is Cc1cc(C(=O)O)ccc1NC(=O)c1ccccc1. The van der Waals surface area contributed by atoms with Crippen LogP contribution in [-0.2, 0) is 0 Å². The Bertz CT molecular complexity index is 621. The van der Waals surface area contributed by atoms with Gasteiger partial charge in [-0.2, -0.15) is 0 Å². The molecule has 4 nitrogen and oxygen atoms in total. The molecular weight excluding hydrogens is 242 g/mol. The van der Waals surface area contributed by atoms with Crippen LogP contribution >= 0.6 is 0 Å². The van der Waals surface area contributed by atoms with Crippen LogP contribution < -0.4 is 5.32 Å². The van der Waals surface area contributed by atoms with Crippen molar-refractivity contribution in [2.75, 3.05) is 5.32 Å². The number of nitrogens with one attached hydrogen (secondary N) is 1. The van der Waals surface area contributed by atoms with E-state index in [0.717, 1.165) is 0 Å². The fourth-order valence-electron chi connectivity index (χ4n) is 1.72. The fraction of sp³-hybridized carbons (Fsp3) is 0.0667. The first kappa shape index (κ1) is 12.8. The number of aryl methyl sites for hydroxylation is 1. The normalized spacial score (nSPS) is 9.95. The first-order valence-electron chi connectivity index (χ1n) is 5.78. The van der Waals surface area contributed by atoms with Crippen molar-refractivity contribution in [1.29, 1.82) is 0 Å². The van der Waals surface area contributed by atoms with Crippen molar-refractivity contribution >= 4 is 17.6 Å². The Balaban J connectivity index is 2.20. The van der Waals surface area contributed by atoms with Gasteiger partial charge >= 0.3 is 5.97 Å². The summed E-state index contributed by atoms with van der Waals surface area (Å²) in [6.45, 7) is 1.76. The number of aromatic carboxylic acids is 1. The molecule has 0 saturated heterocycles. The zero-order valence-corrected chi connectivity index (χ0v) is 10.4. The summed E-state index contributed by atoms with van der Waals surface area (Å²) < 4.78 is 0. The minimum Gasteiger partial charge on any atom is -0.478 e. The standard InChI is InChI=1S/C15H13NO3/c1-10-9-12(15(18)19)7-8-13(10)16-14(17)11-5-3-2-4-6-11/h2-9H,1H3,(H,16,17)(H,18,19). The van der Waals surface area contributed by atoms with Crippen LogP contribution in [-0.4, -0.2) is 17.0 Å². The topological polar surface area (TPSA) is 66.4 Å². The van der Waals surface area contributed by atoms with Crippen molar-refractivity contribution < 1.29 is 14.7 Å². The molecule has 0 spiro atoms. The van der Waals surface area contributed by atoms with Gasteiger partial charge in [0.2, 0.25) is 0 Å². The van der Waals surface area contributed by atoms with E-state index in [9.17, 15) is 9.59 Å². The second kappa shape index (κ2) is 5.35. The van der Waals surface area contributed by atoms with Crippen LogP contribution in [0.2, 0.25) is 0 Å². The molecule has 2 aromatic rings. The van der Waals surface area contributed by atoms with Gasteiger partial charge in [-0.3, -0.25) is 4.79 Å². The van der Waals surface area contributed by atoms with E-state index in [4.69, 9.17) is 5.11 Å². The lowest BCUT2D eigenvalue weighted by molar-refractivity contribution is 0.0696. The average molecular weight is 255 g/mol. The Kier molecular flexibility index (Phi) is 3.61. The molecule has 0 radical (unpaired) electrons. The molecule has 2 N–H and O–H groups in total. The molecule has 19 heavy (non-hydrogen) atoms. The fourth-order valence-corrected chi connectivity index (χ4v) is 1.72. The second-order valence-electron chi connectivity index (χ2n) is 4.16. The Morgan fingerprint density at radius 2 is 1.68 bits per heavy atom. The summed E-state index contributed by atoms with van der Waals surface area (Å²) in [4.78, 5) is 22.8. The summed E-state index contributed by atoms with van der Waals surface area (Å²) in [6, 6.07) is 13.4. The van der Waals surface area contributed by atoms with Crippen LogP contribution in [0.1, 0.15) is 26.3 Å². The van der Waals surface area contributed by atoms with E-state index in [-0.39, 0.29) is 11.5 Å². The summed E-state index contributed by atoms with van der Waals surface area (Å²) in [7, 11) is 0. The number of carbonyl (C=O) groups is 2. The third kappa shape index (κ3) is 2.98. The maximum Gasteiger partial charge on any atom is 0.335 e. The summed E-state index contributed by atoms with van der Waals surface area (Å²) in [5.41, 5.74) is 2.09. The van der Waals surface area contributed by atoms with Gasteiger partial charge < -0.3 is 10.4 Å². The van der Waals surface area contributed by atoms with E-state index in [0.29, 0.717) is 16.8 Å². The highest BCUT2D eigenvalue weighted by Crippen LogP contribution is 2.17. The largest absolute Gasteiger partial charge is 0.478 e. The monoisotopic (exact) mass is 255 g/mol. The highest BCUT2D eigenvalue weighted by molar-refractivity contribution is 6.04. The summed E-state index contributed by atoms with van der Waals surface area (Å²) in [6.07, 6.45) is 0. The molecule has 0 saturated carbocycles.